The van der Waals surface area contributed by atoms with E-state index in [1.165, 1.54) is 28.8 Å². The van der Waals surface area contributed by atoms with Gasteiger partial charge in [0, 0.05) is 11.4 Å². The second-order valence-electron chi connectivity index (χ2n) is 7.30. The molecule has 0 bridgehead atoms. The fourth-order valence-corrected chi connectivity index (χ4v) is 4.66. The molecule has 1 heterocycles. The standard InChI is InChI=1S/C24H19F3N2O2S/c25-24(26,27)18-8-12-20(13-9-18)29-22(31)15-32-23(29)17-6-10-19(11-7-17)28-21(30)14-16-4-2-1-3-5-16/h1-13,23H,14-15H2,(H,28,30)/t23-/m0/s1. The van der Waals surface area contributed by atoms with Crippen LogP contribution in [0.1, 0.15) is 22.1 Å². The van der Waals surface area contributed by atoms with Crippen molar-refractivity contribution in [1.82, 2.24) is 0 Å². The summed E-state index contributed by atoms with van der Waals surface area (Å²) in [6, 6.07) is 21.1. The van der Waals surface area contributed by atoms with Gasteiger partial charge in [-0.05, 0) is 47.5 Å². The van der Waals surface area contributed by atoms with Gasteiger partial charge in [-0.25, -0.2) is 0 Å². The first-order valence-electron chi connectivity index (χ1n) is 9.86. The minimum absolute atomic E-state index is 0.138. The normalized spacial score (nSPS) is 16.3. The van der Waals surface area contributed by atoms with Crippen LogP contribution in [0.15, 0.2) is 78.9 Å². The van der Waals surface area contributed by atoms with Crippen molar-refractivity contribution in [1.29, 1.82) is 0 Å². The van der Waals surface area contributed by atoms with Gasteiger partial charge >= 0.3 is 6.18 Å². The summed E-state index contributed by atoms with van der Waals surface area (Å²) in [5.41, 5.74) is 2.02. The smallest absolute Gasteiger partial charge is 0.326 e. The van der Waals surface area contributed by atoms with E-state index in [2.05, 4.69) is 5.32 Å². The van der Waals surface area contributed by atoms with Gasteiger partial charge in [0.05, 0.1) is 17.7 Å². The van der Waals surface area contributed by atoms with Gasteiger partial charge in [0.2, 0.25) is 11.8 Å². The van der Waals surface area contributed by atoms with Gasteiger partial charge in [0.25, 0.3) is 0 Å². The summed E-state index contributed by atoms with van der Waals surface area (Å²) >= 11 is 1.40. The first-order valence-corrected chi connectivity index (χ1v) is 10.9. The summed E-state index contributed by atoms with van der Waals surface area (Å²) in [6.45, 7) is 0. The van der Waals surface area contributed by atoms with E-state index >= 15 is 0 Å². The third kappa shape index (κ3) is 4.96. The van der Waals surface area contributed by atoms with Crippen LogP contribution >= 0.6 is 11.8 Å². The van der Waals surface area contributed by atoms with Gasteiger partial charge in [-0.2, -0.15) is 13.2 Å². The number of carbonyl (C=O) groups is 2. The Balaban J connectivity index is 1.46. The van der Waals surface area contributed by atoms with E-state index in [0.717, 1.165) is 23.3 Å². The second kappa shape index (κ2) is 9.08. The van der Waals surface area contributed by atoms with Crippen LogP contribution in [0.5, 0.6) is 0 Å². The molecule has 1 aliphatic heterocycles. The van der Waals surface area contributed by atoms with E-state index in [-0.39, 0.29) is 29.4 Å². The van der Waals surface area contributed by atoms with Crippen LogP contribution < -0.4 is 10.2 Å². The Morgan fingerprint density at radius 2 is 1.62 bits per heavy atom. The van der Waals surface area contributed by atoms with Gasteiger partial charge in [-0.3, -0.25) is 14.5 Å². The average Bonchev–Trinajstić information content (AvgIpc) is 3.16. The molecule has 0 aromatic heterocycles. The highest BCUT2D eigenvalue weighted by molar-refractivity contribution is 8.00. The molecular weight excluding hydrogens is 437 g/mol. The molecule has 1 fully saturated rings. The van der Waals surface area contributed by atoms with E-state index in [1.807, 2.05) is 42.5 Å². The number of hydrogen-bond acceptors (Lipinski definition) is 3. The number of anilines is 2. The van der Waals surface area contributed by atoms with Crippen LogP contribution in [0, 0.1) is 0 Å². The lowest BCUT2D eigenvalue weighted by Crippen LogP contribution is -2.27. The molecule has 4 nitrogen and oxygen atoms in total. The summed E-state index contributed by atoms with van der Waals surface area (Å²) in [6.07, 6.45) is -4.17. The number of rotatable bonds is 5. The second-order valence-corrected chi connectivity index (χ2v) is 8.37. The number of alkyl halides is 3. The predicted octanol–water partition coefficient (Wildman–Crippen LogP) is 5.67. The Morgan fingerprint density at radius 3 is 2.25 bits per heavy atom. The summed E-state index contributed by atoms with van der Waals surface area (Å²) < 4.78 is 38.6. The van der Waals surface area contributed by atoms with E-state index in [0.29, 0.717) is 11.4 Å². The van der Waals surface area contributed by atoms with Gasteiger partial charge in [0.15, 0.2) is 0 Å². The molecule has 32 heavy (non-hydrogen) atoms. The van der Waals surface area contributed by atoms with E-state index in [4.69, 9.17) is 0 Å². The number of nitrogens with zero attached hydrogens (tertiary/aromatic N) is 1. The van der Waals surface area contributed by atoms with Crippen LogP contribution in [0.25, 0.3) is 0 Å². The maximum Gasteiger partial charge on any atom is 0.416 e. The summed E-state index contributed by atoms with van der Waals surface area (Å²) in [7, 11) is 0. The molecule has 0 aliphatic carbocycles. The molecule has 164 valence electrons. The Kier molecular flexibility index (Phi) is 6.23. The summed E-state index contributed by atoms with van der Waals surface area (Å²) in [5, 5.41) is 2.49. The maximum absolute atomic E-state index is 12.9. The number of carbonyl (C=O) groups excluding carboxylic acids is 2. The van der Waals surface area contributed by atoms with Crippen LogP contribution in [0.4, 0.5) is 24.5 Å². The highest BCUT2D eigenvalue weighted by Gasteiger charge is 2.35. The van der Waals surface area contributed by atoms with Crippen molar-refractivity contribution >= 4 is 35.0 Å². The minimum atomic E-state index is -4.43. The third-order valence-corrected chi connectivity index (χ3v) is 6.24. The topological polar surface area (TPSA) is 49.4 Å². The number of amides is 2. The van der Waals surface area contributed by atoms with Crippen molar-refractivity contribution in [2.24, 2.45) is 0 Å². The number of thioether (sulfide) groups is 1. The van der Waals surface area contributed by atoms with E-state index in [9.17, 15) is 22.8 Å². The lowest BCUT2D eigenvalue weighted by atomic mass is 10.1. The molecule has 0 spiro atoms. The van der Waals surface area contributed by atoms with Gasteiger partial charge in [0.1, 0.15) is 5.37 Å². The highest BCUT2D eigenvalue weighted by atomic mass is 32.2. The Bertz CT molecular complexity index is 1100. The third-order valence-electron chi connectivity index (χ3n) is 5.03. The molecule has 0 radical (unpaired) electrons. The Labute approximate surface area is 187 Å². The number of halogens is 3. The maximum atomic E-state index is 12.9. The molecular formula is C24H19F3N2O2S. The first kappa shape index (κ1) is 22.0. The van der Waals surface area contributed by atoms with Crippen molar-refractivity contribution in [2.45, 2.75) is 18.0 Å². The molecule has 8 heteroatoms. The summed E-state index contributed by atoms with van der Waals surface area (Å²) in [4.78, 5) is 26.2. The predicted molar refractivity (Wildman–Crippen MR) is 119 cm³/mol. The fourth-order valence-electron chi connectivity index (χ4n) is 3.48. The minimum Gasteiger partial charge on any atom is -0.326 e. The van der Waals surface area contributed by atoms with Crippen LogP contribution in [0.2, 0.25) is 0 Å². The lowest BCUT2D eigenvalue weighted by Gasteiger charge is -2.25. The summed E-state index contributed by atoms with van der Waals surface area (Å²) in [5.74, 6) is -0.0675. The molecule has 0 unspecified atom stereocenters. The largest absolute Gasteiger partial charge is 0.416 e. The first-order chi connectivity index (χ1) is 15.3. The molecule has 3 aromatic carbocycles. The zero-order valence-electron chi connectivity index (χ0n) is 16.8. The molecule has 2 amide bonds. The van der Waals surface area contributed by atoms with Crippen molar-refractivity contribution < 1.29 is 22.8 Å². The van der Waals surface area contributed by atoms with Crippen molar-refractivity contribution in [3.8, 4) is 0 Å². The Morgan fingerprint density at radius 1 is 0.969 bits per heavy atom. The van der Waals surface area contributed by atoms with Crippen molar-refractivity contribution in [3.63, 3.8) is 0 Å². The van der Waals surface area contributed by atoms with E-state index < -0.39 is 11.7 Å². The molecule has 3 aromatic rings. The van der Waals surface area contributed by atoms with Crippen molar-refractivity contribution in [3.05, 3.63) is 95.6 Å². The number of hydrogen-bond donors (Lipinski definition) is 1. The lowest BCUT2D eigenvalue weighted by molar-refractivity contribution is -0.137. The van der Waals surface area contributed by atoms with Gasteiger partial charge < -0.3 is 5.32 Å². The van der Waals surface area contributed by atoms with Gasteiger partial charge in [-0.15, -0.1) is 11.8 Å². The monoisotopic (exact) mass is 456 g/mol. The Hall–Kier alpha value is -3.26. The molecule has 1 N–H and O–H groups in total. The number of nitrogens with one attached hydrogen (secondary N) is 1. The molecule has 1 saturated heterocycles. The average molecular weight is 456 g/mol. The number of benzene rings is 3. The van der Waals surface area contributed by atoms with Crippen LogP contribution in [-0.2, 0) is 22.2 Å². The molecule has 1 aliphatic rings. The molecule has 0 saturated carbocycles. The molecule has 4 rings (SSSR count). The van der Waals surface area contributed by atoms with Gasteiger partial charge in [-0.1, -0.05) is 42.5 Å². The molecule has 1 atom stereocenters. The zero-order chi connectivity index (χ0) is 22.7. The zero-order valence-corrected chi connectivity index (χ0v) is 17.6. The highest BCUT2D eigenvalue weighted by Crippen LogP contribution is 2.42. The van der Waals surface area contributed by atoms with Crippen LogP contribution in [-0.4, -0.2) is 17.6 Å². The van der Waals surface area contributed by atoms with Crippen LogP contribution in [0.3, 0.4) is 0 Å². The SMILES string of the molecule is O=C(Cc1ccccc1)Nc1ccc([C@@H]2SCC(=O)N2c2ccc(C(F)(F)F)cc2)cc1. The van der Waals surface area contributed by atoms with E-state index in [1.54, 1.807) is 12.1 Å². The van der Waals surface area contributed by atoms with Crippen molar-refractivity contribution in [2.75, 3.05) is 16.0 Å². The quantitative estimate of drug-likeness (QED) is 0.539. The fraction of sp³-hybridized carbons (Fsp3) is 0.167.